The fraction of sp³-hybridized carbons (Fsp3) is 0.562. The second-order valence-electron chi connectivity index (χ2n) is 6.56. The van der Waals surface area contributed by atoms with Crippen molar-refractivity contribution in [2.24, 2.45) is 10.8 Å². The van der Waals surface area contributed by atoms with Crippen molar-refractivity contribution in [2.75, 3.05) is 0 Å². The third kappa shape index (κ3) is 3.30. The van der Waals surface area contributed by atoms with E-state index in [1.165, 1.54) is 0 Å². The molecule has 0 heterocycles. The smallest absolute Gasteiger partial charge is 0.309 e. The number of carboxylic acid groups (broad SMARTS) is 1. The van der Waals surface area contributed by atoms with Gasteiger partial charge in [-0.2, -0.15) is 0 Å². The van der Waals surface area contributed by atoms with Crippen molar-refractivity contribution in [3.05, 3.63) is 34.9 Å². The Kier molecular flexibility index (Phi) is 3.91. The van der Waals surface area contributed by atoms with Gasteiger partial charge in [0.25, 0.3) is 0 Å². The molecular weight excluding hydrogens is 260 g/mol. The van der Waals surface area contributed by atoms with Crippen LogP contribution in [0.25, 0.3) is 0 Å². The quantitative estimate of drug-likeness (QED) is 0.882. The molecule has 0 amide bonds. The Bertz CT molecular complexity index is 469. The zero-order valence-electron chi connectivity index (χ0n) is 11.6. The van der Waals surface area contributed by atoms with E-state index in [1.807, 2.05) is 24.3 Å². The number of halogens is 1. The third-order valence-electron chi connectivity index (χ3n) is 4.45. The summed E-state index contributed by atoms with van der Waals surface area (Å²) in [5.74, 6) is -0.664. The summed E-state index contributed by atoms with van der Waals surface area (Å²) in [6.07, 6.45) is 4.03. The van der Waals surface area contributed by atoms with Gasteiger partial charge in [-0.1, -0.05) is 37.6 Å². The van der Waals surface area contributed by atoms with Gasteiger partial charge in [-0.3, -0.25) is 4.79 Å². The molecule has 1 aliphatic rings. The summed E-state index contributed by atoms with van der Waals surface area (Å²) in [6.45, 7) is 4.44. The van der Waals surface area contributed by atoms with Gasteiger partial charge >= 0.3 is 5.97 Å². The van der Waals surface area contributed by atoms with Gasteiger partial charge < -0.3 is 5.11 Å². The molecule has 104 valence electrons. The Labute approximate surface area is 119 Å². The van der Waals surface area contributed by atoms with Crippen LogP contribution in [0.3, 0.4) is 0 Å². The van der Waals surface area contributed by atoms with Crippen molar-refractivity contribution in [3.8, 4) is 0 Å². The second-order valence-corrected chi connectivity index (χ2v) is 6.99. The minimum atomic E-state index is -0.664. The van der Waals surface area contributed by atoms with Gasteiger partial charge in [0.05, 0.1) is 5.41 Å². The molecule has 0 atom stereocenters. The maximum atomic E-state index is 11.7. The number of benzene rings is 1. The molecular formula is C16H21ClO2. The first-order chi connectivity index (χ1) is 8.83. The minimum Gasteiger partial charge on any atom is -0.481 e. The van der Waals surface area contributed by atoms with Gasteiger partial charge in [0.1, 0.15) is 0 Å². The first kappa shape index (κ1) is 14.4. The van der Waals surface area contributed by atoms with Crippen LogP contribution in [-0.2, 0) is 11.2 Å². The molecule has 0 spiro atoms. The molecule has 2 nitrogen and oxygen atoms in total. The van der Waals surface area contributed by atoms with Crippen molar-refractivity contribution < 1.29 is 9.90 Å². The molecule has 0 bridgehead atoms. The predicted molar refractivity (Wildman–Crippen MR) is 77.5 cm³/mol. The number of rotatable bonds is 3. The van der Waals surface area contributed by atoms with E-state index in [4.69, 9.17) is 11.6 Å². The van der Waals surface area contributed by atoms with Crippen LogP contribution in [0.5, 0.6) is 0 Å². The Morgan fingerprint density at radius 1 is 1.26 bits per heavy atom. The molecule has 0 radical (unpaired) electrons. The molecule has 1 N–H and O–H groups in total. The lowest BCUT2D eigenvalue weighted by atomic mass is 9.63. The largest absolute Gasteiger partial charge is 0.481 e. The molecule has 1 fully saturated rings. The summed E-state index contributed by atoms with van der Waals surface area (Å²) in [7, 11) is 0. The lowest BCUT2D eigenvalue weighted by Crippen LogP contribution is -2.39. The summed E-state index contributed by atoms with van der Waals surface area (Å²) in [5.41, 5.74) is 0.683. The molecule has 19 heavy (non-hydrogen) atoms. The van der Waals surface area contributed by atoms with E-state index in [2.05, 4.69) is 13.8 Å². The molecule has 0 aliphatic heterocycles. The van der Waals surface area contributed by atoms with Crippen LogP contribution in [0.1, 0.15) is 45.1 Å². The number of hydrogen-bond acceptors (Lipinski definition) is 1. The van der Waals surface area contributed by atoms with Gasteiger partial charge in [0.15, 0.2) is 0 Å². The van der Waals surface area contributed by atoms with E-state index >= 15 is 0 Å². The number of aliphatic carboxylic acids is 1. The maximum Gasteiger partial charge on any atom is 0.309 e. The Hall–Kier alpha value is -1.02. The van der Waals surface area contributed by atoms with Crippen LogP contribution in [0.15, 0.2) is 24.3 Å². The lowest BCUT2D eigenvalue weighted by Gasteiger charge is -2.41. The van der Waals surface area contributed by atoms with E-state index < -0.39 is 11.4 Å². The van der Waals surface area contributed by atoms with Crippen LogP contribution < -0.4 is 0 Å². The van der Waals surface area contributed by atoms with Gasteiger partial charge in [-0.25, -0.2) is 0 Å². The lowest BCUT2D eigenvalue weighted by molar-refractivity contribution is -0.152. The van der Waals surface area contributed by atoms with E-state index in [-0.39, 0.29) is 5.41 Å². The second kappa shape index (κ2) is 5.16. The normalized spacial score (nSPS) is 21.0. The molecule has 1 aliphatic carbocycles. The fourth-order valence-corrected chi connectivity index (χ4v) is 3.12. The molecule has 0 saturated heterocycles. The summed E-state index contributed by atoms with van der Waals surface area (Å²) < 4.78 is 0. The van der Waals surface area contributed by atoms with Crippen LogP contribution in [-0.4, -0.2) is 11.1 Å². The first-order valence-electron chi connectivity index (χ1n) is 6.81. The molecule has 0 unspecified atom stereocenters. The average Bonchev–Trinajstić information content (AvgIpc) is 2.32. The minimum absolute atomic E-state index is 0.271. The summed E-state index contributed by atoms with van der Waals surface area (Å²) in [5, 5.41) is 10.3. The molecule has 3 heteroatoms. The highest BCUT2D eigenvalue weighted by atomic mass is 35.5. The van der Waals surface area contributed by atoms with Gasteiger partial charge in [-0.05, 0) is 55.2 Å². The van der Waals surface area contributed by atoms with Gasteiger partial charge in [0.2, 0.25) is 0 Å². The zero-order chi connectivity index (χ0) is 14.1. The highest BCUT2D eigenvalue weighted by Crippen LogP contribution is 2.47. The van der Waals surface area contributed by atoms with Crippen LogP contribution in [0, 0.1) is 10.8 Å². The Morgan fingerprint density at radius 3 is 2.42 bits per heavy atom. The molecule has 1 aromatic rings. The highest BCUT2D eigenvalue weighted by molar-refractivity contribution is 6.30. The topological polar surface area (TPSA) is 37.3 Å². The predicted octanol–water partition coefficient (Wildman–Crippen LogP) is 4.55. The molecule has 1 aromatic carbocycles. The summed E-state index contributed by atoms with van der Waals surface area (Å²) in [6, 6.07) is 7.56. The monoisotopic (exact) mass is 280 g/mol. The standard InChI is InChI=1S/C16H21ClO2/c1-15(2)6-8-16(9-7-15,14(18)19)11-12-4-3-5-13(17)10-12/h3-5,10H,6-9,11H2,1-2H3,(H,18,19). The molecule has 2 rings (SSSR count). The highest BCUT2D eigenvalue weighted by Gasteiger charge is 2.43. The third-order valence-corrected chi connectivity index (χ3v) is 4.68. The van der Waals surface area contributed by atoms with E-state index in [9.17, 15) is 9.90 Å². The van der Waals surface area contributed by atoms with Crippen molar-refractivity contribution >= 4 is 17.6 Å². The molecule has 0 aromatic heterocycles. The Balaban J connectivity index is 2.20. The number of carboxylic acids is 1. The molecule has 1 saturated carbocycles. The Morgan fingerprint density at radius 2 is 1.89 bits per heavy atom. The van der Waals surface area contributed by atoms with Crippen molar-refractivity contribution in [3.63, 3.8) is 0 Å². The first-order valence-corrected chi connectivity index (χ1v) is 7.19. The average molecular weight is 281 g/mol. The van der Waals surface area contributed by atoms with Gasteiger partial charge in [-0.15, -0.1) is 0 Å². The number of hydrogen-bond donors (Lipinski definition) is 1. The van der Waals surface area contributed by atoms with Crippen molar-refractivity contribution in [2.45, 2.75) is 46.0 Å². The van der Waals surface area contributed by atoms with Crippen LogP contribution in [0.4, 0.5) is 0 Å². The van der Waals surface area contributed by atoms with Crippen molar-refractivity contribution in [1.82, 2.24) is 0 Å². The van der Waals surface area contributed by atoms with E-state index in [1.54, 1.807) is 0 Å². The number of carbonyl (C=O) groups is 1. The van der Waals surface area contributed by atoms with Crippen molar-refractivity contribution in [1.29, 1.82) is 0 Å². The SMILES string of the molecule is CC1(C)CCC(Cc2cccc(Cl)c2)(C(=O)O)CC1. The maximum absolute atomic E-state index is 11.7. The summed E-state index contributed by atoms with van der Waals surface area (Å²) >= 11 is 5.99. The van der Waals surface area contributed by atoms with E-state index in [0.717, 1.165) is 31.2 Å². The van der Waals surface area contributed by atoms with Crippen LogP contribution >= 0.6 is 11.6 Å². The fourth-order valence-electron chi connectivity index (χ4n) is 2.91. The van der Waals surface area contributed by atoms with Gasteiger partial charge in [0, 0.05) is 5.02 Å². The summed E-state index contributed by atoms with van der Waals surface area (Å²) in [4.78, 5) is 11.7. The van der Waals surface area contributed by atoms with Crippen LogP contribution in [0.2, 0.25) is 5.02 Å². The zero-order valence-corrected chi connectivity index (χ0v) is 12.3. The van der Waals surface area contributed by atoms with E-state index in [0.29, 0.717) is 11.4 Å².